The number of aliphatic hydroxyl groups is 2. The number of hydrogen-bond acceptors (Lipinski definition) is 4. The first kappa shape index (κ1) is 14.0. The molecule has 4 heteroatoms. The summed E-state index contributed by atoms with van der Waals surface area (Å²) in [5.74, 6) is 0.777. The third kappa shape index (κ3) is 6.26. The van der Waals surface area contributed by atoms with Gasteiger partial charge in [-0.25, -0.2) is 0 Å². The fourth-order valence-electron chi connectivity index (χ4n) is 1.43. The van der Waals surface area contributed by atoms with Crippen LogP contribution in [0.4, 0.5) is 0 Å². The van der Waals surface area contributed by atoms with E-state index in [0.29, 0.717) is 19.5 Å². The molecular formula is C13H21NO3. The van der Waals surface area contributed by atoms with E-state index in [1.807, 2.05) is 31.2 Å². The van der Waals surface area contributed by atoms with Gasteiger partial charge in [-0.05, 0) is 37.6 Å². The summed E-state index contributed by atoms with van der Waals surface area (Å²) in [5, 5.41) is 21.3. The molecule has 0 aliphatic rings. The van der Waals surface area contributed by atoms with Gasteiger partial charge >= 0.3 is 0 Å². The first-order valence-corrected chi connectivity index (χ1v) is 5.91. The normalized spacial score (nSPS) is 12.4. The molecule has 0 saturated carbocycles. The Labute approximate surface area is 102 Å². The van der Waals surface area contributed by atoms with Gasteiger partial charge in [-0.2, -0.15) is 0 Å². The van der Waals surface area contributed by atoms with Crippen LogP contribution in [-0.4, -0.2) is 42.6 Å². The van der Waals surface area contributed by atoms with Crippen molar-refractivity contribution in [2.75, 3.05) is 26.3 Å². The minimum absolute atomic E-state index is 0.170. The lowest BCUT2D eigenvalue weighted by molar-refractivity contribution is 0.106. The maximum absolute atomic E-state index is 9.63. The van der Waals surface area contributed by atoms with Gasteiger partial charge in [0.1, 0.15) is 18.5 Å². The summed E-state index contributed by atoms with van der Waals surface area (Å²) in [6.07, 6.45) is 0.167. The Kier molecular flexibility index (Phi) is 6.62. The third-order valence-corrected chi connectivity index (χ3v) is 2.32. The van der Waals surface area contributed by atoms with Crippen LogP contribution in [0.25, 0.3) is 0 Å². The molecule has 4 nitrogen and oxygen atoms in total. The monoisotopic (exact) mass is 239 g/mol. The van der Waals surface area contributed by atoms with E-state index in [9.17, 15) is 5.11 Å². The highest BCUT2D eigenvalue weighted by Crippen LogP contribution is 2.12. The predicted molar refractivity (Wildman–Crippen MR) is 67.3 cm³/mol. The molecule has 17 heavy (non-hydrogen) atoms. The molecule has 0 aliphatic heterocycles. The molecule has 0 aliphatic carbocycles. The van der Waals surface area contributed by atoms with Crippen LogP contribution in [-0.2, 0) is 0 Å². The van der Waals surface area contributed by atoms with Crippen LogP contribution >= 0.6 is 0 Å². The number of ether oxygens (including phenoxy) is 1. The van der Waals surface area contributed by atoms with Crippen molar-refractivity contribution < 1.29 is 14.9 Å². The van der Waals surface area contributed by atoms with Crippen molar-refractivity contribution in [3.63, 3.8) is 0 Å². The molecule has 0 saturated heterocycles. The van der Waals surface area contributed by atoms with Crippen LogP contribution in [0.1, 0.15) is 12.0 Å². The Morgan fingerprint density at radius 2 is 2.24 bits per heavy atom. The van der Waals surface area contributed by atoms with Crippen LogP contribution in [0, 0.1) is 6.92 Å². The number of aliphatic hydroxyl groups excluding tert-OH is 2. The average Bonchev–Trinajstić information content (AvgIpc) is 2.32. The topological polar surface area (TPSA) is 61.7 Å². The second-order valence-electron chi connectivity index (χ2n) is 4.06. The zero-order valence-corrected chi connectivity index (χ0v) is 10.2. The SMILES string of the molecule is Cc1cccc(OCC(O)CNCCCO)c1. The largest absolute Gasteiger partial charge is 0.491 e. The van der Waals surface area contributed by atoms with Gasteiger partial charge in [0.25, 0.3) is 0 Å². The highest BCUT2D eigenvalue weighted by molar-refractivity contribution is 5.27. The summed E-state index contributed by atoms with van der Waals surface area (Å²) in [5.41, 5.74) is 1.14. The van der Waals surface area contributed by atoms with Crippen molar-refractivity contribution in [1.29, 1.82) is 0 Å². The Hall–Kier alpha value is -1.10. The molecule has 0 heterocycles. The van der Waals surface area contributed by atoms with E-state index in [1.54, 1.807) is 0 Å². The van der Waals surface area contributed by atoms with E-state index in [2.05, 4.69) is 5.32 Å². The highest BCUT2D eigenvalue weighted by Gasteiger charge is 2.04. The van der Waals surface area contributed by atoms with Crippen LogP contribution < -0.4 is 10.1 Å². The van der Waals surface area contributed by atoms with Gasteiger partial charge in [-0.1, -0.05) is 12.1 Å². The van der Waals surface area contributed by atoms with Gasteiger partial charge in [-0.3, -0.25) is 0 Å². The summed E-state index contributed by atoms with van der Waals surface area (Å²) in [4.78, 5) is 0. The molecule has 0 radical (unpaired) electrons. The summed E-state index contributed by atoms with van der Waals surface area (Å²) >= 11 is 0. The average molecular weight is 239 g/mol. The molecule has 0 amide bonds. The van der Waals surface area contributed by atoms with Crippen LogP contribution in [0.2, 0.25) is 0 Å². The summed E-state index contributed by atoms with van der Waals surface area (Å²) in [6, 6.07) is 7.74. The molecule has 0 aromatic heterocycles. The Morgan fingerprint density at radius 1 is 1.41 bits per heavy atom. The first-order valence-electron chi connectivity index (χ1n) is 5.91. The third-order valence-electron chi connectivity index (χ3n) is 2.32. The van der Waals surface area contributed by atoms with Gasteiger partial charge in [0.05, 0.1) is 0 Å². The van der Waals surface area contributed by atoms with Crippen molar-refractivity contribution in [3.05, 3.63) is 29.8 Å². The van der Waals surface area contributed by atoms with Crippen molar-refractivity contribution in [2.24, 2.45) is 0 Å². The van der Waals surface area contributed by atoms with E-state index >= 15 is 0 Å². The lowest BCUT2D eigenvalue weighted by atomic mass is 10.2. The maximum atomic E-state index is 9.63. The minimum atomic E-state index is -0.533. The van der Waals surface area contributed by atoms with Gasteiger partial charge in [0, 0.05) is 13.2 Å². The van der Waals surface area contributed by atoms with Crippen LogP contribution in [0.15, 0.2) is 24.3 Å². The molecule has 0 bridgehead atoms. The summed E-state index contributed by atoms with van der Waals surface area (Å²) < 4.78 is 5.47. The Morgan fingerprint density at radius 3 is 2.94 bits per heavy atom. The summed E-state index contributed by atoms with van der Waals surface area (Å²) in [6.45, 7) is 3.63. The van der Waals surface area contributed by atoms with E-state index < -0.39 is 6.10 Å². The van der Waals surface area contributed by atoms with Crippen molar-refractivity contribution in [3.8, 4) is 5.75 Å². The molecule has 0 spiro atoms. The van der Waals surface area contributed by atoms with E-state index in [4.69, 9.17) is 9.84 Å². The molecule has 0 fully saturated rings. The second-order valence-corrected chi connectivity index (χ2v) is 4.06. The molecule has 96 valence electrons. The first-order chi connectivity index (χ1) is 8.22. The van der Waals surface area contributed by atoms with Gasteiger partial charge in [-0.15, -0.1) is 0 Å². The van der Waals surface area contributed by atoms with Crippen LogP contribution in [0.3, 0.4) is 0 Å². The number of hydrogen-bond donors (Lipinski definition) is 3. The number of benzene rings is 1. The Bertz CT molecular complexity index is 317. The zero-order valence-electron chi connectivity index (χ0n) is 10.2. The maximum Gasteiger partial charge on any atom is 0.119 e. The molecule has 1 unspecified atom stereocenters. The Balaban J connectivity index is 2.17. The smallest absolute Gasteiger partial charge is 0.119 e. The second kappa shape index (κ2) is 8.06. The van der Waals surface area contributed by atoms with Gasteiger partial charge in [0.2, 0.25) is 0 Å². The van der Waals surface area contributed by atoms with Crippen molar-refractivity contribution in [1.82, 2.24) is 5.32 Å². The number of rotatable bonds is 8. The molecular weight excluding hydrogens is 218 g/mol. The minimum Gasteiger partial charge on any atom is -0.491 e. The van der Waals surface area contributed by atoms with Crippen molar-refractivity contribution >= 4 is 0 Å². The van der Waals surface area contributed by atoms with Gasteiger partial charge < -0.3 is 20.3 Å². The van der Waals surface area contributed by atoms with Crippen LogP contribution in [0.5, 0.6) is 5.75 Å². The molecule has 1 aromatic carbocycles. The molecule has 1 atom stereocenters. The molecule has 1 rings (SSSR count). The standard InChI is InChI=1S/C13H21NO3/c1-11-4-2-5-13(8-11)17-10-12(16)9-14-6-3-7-15/h2,4-5,8,12,14-16H,3,6-7,9-10H2,1H3. The predicted octanol–water partition coefficient (Wildman–Crippen LogP) is 0.707. The fourth-order valence-corrected chi connectivity index (χ4v) is 1.43. The lowest BCUT2D eigenvalue weighted by Crippen LogP contribution is -2.32. The molecule has 3 N–H and O–H groups in total. The van der Waals surface area contributed by atoms with Crippen molar-refractivity contribution in [2.45, 2.75) is 19.4 Å². The molecule has 1 aromatic rings. The van der Waals surface area contributed by atoms with E-state index in [0.717, 1.165) is 11.3 Å². The quantitative estimate of drug-likeness (QED) is 0.585. The highest BCUT2D eigenvalue weighted by atomic mass is 16.5. The number of nitrogens with one attached hydrogen (secondary N) is 1. The zero-order chi connectivity index (χ0) is 12.5. The summed E-state index contributed by atoms with van der Waals surface area (Å²) in [7, 11) is 0. The lowest BCUT2D eigenvalue weighted by Gasteiger charge is -2.13. The van der Waals surface area contributed by atoms with E-state index in [-0.39, 0.29) is 13.2 Å². The number of aryl methyl sites for hydroxylation is 1. The van der Waals surface area contributed by atoms with Gasteiger partial charge in [0.15, 0.2) is 0 Å². The fraction of sp³-hybridized carbons (Fsp3) is 0.538. The van der Waals surface area contributed by atoms with E-state index in [1.165, 1.54) is 0 Å².